The lowest BCUT2D eigenvalue weighted by molar-refractivity contribution is -0.140. The number of amides is 3. The van der Waals surface area contributed by atoms with Crippen LogP contribution < -0.4 is 16.2 Å². The zero-order chi connectivity index (χ0) is 17.0. The molecule has 2 rings (SSSR count). The Labute approximate surface area is 147 Å². The fourth-order valence-electron chi connectivity index (χ4n) is 1.75. The van der Waals surface area contributed by atoms with Gasteiger partial charge in [0.2, 0.25) is 5.91 Å². The minimum absolute atomic E-state index is 0.100. The monoisotopic (exact) mass is 399 g/mol. The SMILES string of the molecule is Cc1cc(SCC(=O)NNC(=O)C(=O)NC2CC2)c(C)cc1Br. The number of benzene rings is 1. The van der Waals surface area contributed by atoms with Gasteiger partial charge in [-0.15, -0.1) is 11.8 Å². The second-order valence-electron chi connectivity index (χ2n) is 5.41. The van der Waals surface area contributed by atoms with Crippen LogP contribution in [0.15, 0.2) is 21.5 Å². The lowest BCUT2D eigenvalue weighted by atomic mass is 10.2. The third-order valence-corrected chi connectivity index (χ3v) is 5.26. The molecule has 0 bridgehead atoms. The Balaban J connectivity index is 1.75. The number of rotatable bonds is 4. The molecule has 3 N–H and O–H groups in total. The van der Waals surface area contributed by atoms with Crippen molar-refractivity contribution in [2.75, 3.05) is 5.75 Å². The molecule has 0 unspecified atom stereocenters. The molecule has 0 saturated heterocycles. The number of hydrazine groups is 1. The lowest BCUT2D eigenvalue weighted by Gasteiger charge is -2.10. The van der Waals surface area contributed by atoms with Crippen molar-refractivity contribution in [3.63, 3.8) is 0 Å². The molecule has 23 heavy (non-hydrogen) atoms. The Bertz CT molecular complexity index is 647. The Morgan fingerprint density at radius 2 is 1.83 bits per heavy atom. The van der Waals surface area contributed by atoms with Crippen LogP contribution in [-0.2, 0) is 14.4 Å². The Morgan fingerprint density at radius 3 is 2.48 bits per heavy atom. The van der Waals surface area contributed by atoms with E-state index in [-0.39, 0.29) is 17.7 Å². The van der Waals surface area contributed by atoms with Crippen LogP contribution in [0.25, 0.3) is 0 Å². The number of nitrogens with one attached hydrogen (secondary N) is 3. The molecule has 1 aromatic rings. The molecule has 0 spiro atoms. The predicted molar refractivity (Wildman–Crippen MR) is 91.8 cm³/mol. The number of carbonyl (C=O) groups is 3. The smallest absolute Gasteiger partial charge is 0.327 e. The van der Waals surface area contributed by atoms with E-state index in [1.807, 2.05) is 26.0 Å². The summed E-state index contributed by atoms with van der Waals surface area (Å²) in [6.07, 6.45) is 1.79. The highest BCUT2D eigenvalue weighted by Crippen LogP contribution is 2.28. The van der Waals surface area contributed by atoms with E-state index in [0.29, 0.717) is 0 Å². The quantitative estimate of drug-likeness (QED) is 0.407. The van der Waals surface area contributed by atoms with Crippen LogP contribution in [0.5, 0.6) is 0 Å². The second-order valence-corrected chi connectivity index (χ2v) is 7.28. The molecule has 1 saturated carbocycles. The maximum Gasteiger partial charge on any atom is 0.327 e. The Hall–Kier alpha value is -1.54. The fourth-order valence-corrected chi connectivity index (χ4v) is 3.11. The third-order valence-electron chi connectivity index (χ3n) is 3.25. The number of halogens is 1. The van der Waals surface area contributed by atoms with Gasteiger partial charge in [0.15, 0.2) is 0 Å². The molecular formula is C15H18BrN3O3S. The number of hydrogen-bond donors (Lipinski definition) is 3. The molecular weight excluding hydrogens is 382 g/mol. The molecule has 1 aliphatic rings. The summed E-state index contributed by atoms with van der Waals surface area (Å²) in [6.45, 7) is 3.95. The number of hydrogen-bond acceptors (Lipinski definition) is 4. The van der Waals surface area contributed by atoms with E-state index in [0.717, 1.165) is 33.3 Å². The van der Waals surface area contributed by atoms with Gasteiger partial charge in [0.05, 0.1) is 5.75 Å². The average Bonchev–Trinajstić information content (AvgIpc) is 3.30. The van der Waals surface area contributed by atoms with Crippen molar-refractivity contribution in [2.45, 2.75) is 37.6 Å². The summed E-state index contributed by atoms with van der Waals surface area (Å²) in [5, 5.41) is 2.54. The van der Waals surface area contributed by atoms with E-state index in [9.17, 15) is 14.4 Å². The molecule has 0 heterocycles. The summed E-state index contributed by atoms with van der Waals surface area (Å²) in [6, 6.07) is 4.10. The Morgan fingerprint density at radius 1 is 1.13 bits per heavy atom. The molecule has 0 aromatic heterocycles. The van der Waals surface area contributed by atoms with Crippen LogP contribution in [0.2, 0.25) is 0 Å². The second kappa shape index (κ2) is 7.83. The molecule has 0 atom stereocenters. The van der Waals surface area contributed by atoms with Gasteiger partial charge in [-0.05, 0) is 49.9 Å². The van der Waals surface area contributed by atoms with Gasteiger partial charge in [0, 0.05) is 15.4 Å². The first-order valence-corrected chi connectivity index (χ1v) is 8.94. The lowest BCUT2D eigenvalue weighted by Crippen LogP contribution is -2.49. The zero-order valence-corrected chi connectivity index (χ0v) is 15.3. The summed E-state index contributed by atoms with van der Waals surface area (Å²) in [5.41, 5.74) is 6.51. The highest BCUT2D eigenvalue weighted by molar-refractivity contribution is 9.10. The maximum absolute atomic E-state index is 11.8. The molecule has 0 aliphatic heterocycles. The molecule has 1 aliphatic carbocycles. The van der Waals surface area contributed by atoms with Crippen LogP contribution in [-0.4, -0.2) is 29.5 Å². The molecule has 0 radical (unpaired) electrons. The van der Waals surface area contributed by atoms with Gasteiger partial charge in [0.25, 0.3) is 0 Å². The van der Waals surface area contributed by atoms with E-state index < -0.39 is 11.8 Å². The first kappa shape index (κ1) is 17.8. The van der Waals surface area contributed by atoms with Gasteiger partial charge in [-0.2, -0.15) is 0 Å². The van der Waals surface area contributed by atoms with Crippen molar-refractivity contribution < 1.29 is 14.4 Å². The molecule has 6 nitrogen and oxygen atoms in total. The van der Waals surface area contributed by atoms with Crippen LogP contribution in [0, 0.1) is 13.8 Å². The minimum Gasteiger partial charge on any atom is -0.345 e. The number of carbonyl (C=O) groups excluding carboxylic acids is 3. The summed E-state index contributed by atoms with van der Waals surface area (Å²) in [4.78, 5) is 35.6. The van der Waals surface area contributed by atoms with Crippen LogP contribution in [0.3, 0.4) is 0 Å². The summed E-state index contributed by atoms with van der Waals surface area (Å²) >= 11 is 4.84. The zero-order valence-electron chi connectivity index (χ0n) is 12.9. The first-order valence-electron chi connectivity index (χ1n) is 7.16. The van der Waals surface area contributed by atoms with Crippen LogP contribution >= 0.6 is 27.7 Å². The number of aryl methyl sites for hydroxylation is 2. The van der Waals surface area contributed by atoms with E-state index >= 15 is 0 Å². The van der Waals surface area contributed by atoms with Crippen molar-refractivity contribution >= 4 is 45.4 Å². The average molecular weight is 400 g/mol. The maximum atomic E-state index is 11.8. The highest BCUT2D eigenvalue weighted by atomic mass is 79.9. The van der Waals surface area contributed by atoms with Gasteiger partial charge in [0.1, 0.15) is 0 Å². The van der Waals surface area contributed by atoms with E-state index in [4.69, 9.17) is 0 Å². The van der Waals surface area contributed by atoms with Crippen molar-refractivity contribution in [3.8, 4) is 0 Å². The van der Waals surface area contributed by atoms with Crippen molar-refractivity contribution in [2.24, 2.45) is 0 Å². The standard InChI is InChI=1S/C15H18BrN3O3S/c1-8-6-12(9(2)5-11(8)16)23-7-13(20)18-19-15(22)14(21)17-10-3-4-10/h5-6,10H,3-4,7H2,1-2H3,(H,17,21)(H,18,20)(H,19,22). The van der Waals surface area contributed by atoms with Crippen molar-refractivity contribution in [3.05, 3.63) is 27.7 Å². The van der Waals surface area contributed by atoms with E-state index in [2.05, 4.69) is 32.1 Å². The van der Waals surface area contributed by atoms with E-state index in [1.165, 1.54) is 11.8 Å². The molecule has 1 fully saturated rings. The van der Waals surface area contributed by atoms with Crippen molar-refractivity contribution in [1.29, 1.82) is 0 Å². The molecule has 124 valence electrons. The number of thioether (sulfide) groups is 1. The van der Waals surface area contributed by atoms with Gasteiger partial charge in [-0.3, -0.25) is 25.2 Å². The van der Waals surface area contributed by atoms with Crippen molar-refractivity contribution in [1.82, 2.24) is 16.2 Å². The summed E-state index contributed by atoms with van der Waals surface area (Å²) in [7, 11) is 0. The van der Waals surface area contributed by atoms with Gasteiger partial charge >= 0.3 is 11.8 Å². The van der Waals surface area contributed by atoms with Gasteiger partial charge in [-0.25, -0.2) is 0 Å². The highest BCUT2D eigenvalue weighted by Gasteiger charge is 2.26. The topological polar surface area (TPSA) is 87.3 Å². The third kappa shape index (κ3) is 5.54. The van der Waals surface area contributed by atoms with Gasteiger partial charge < -0.3 is 5.32 Å². The summed E-state index contributed by atoms with van der Waals surface area (Å²) in [5.74, 6) is -1.81. The molecule has 3 amide bonds. The summed E-state index contributed by atoms with van der Waals surface area (Å²) < 4.78 is 1.03. The fraction of sp³-hybridized carbons (Fsp3) is 0.400. The first-order chi connectivity index (χ1) is 10.9. The van der Waals surface area contributed by atoms with Crippen LogP contribution in [0.1, 0.15) is 24.0 Å². The van der Waals surface area contributed by atoms with E-state index in [1.54, 1.807) is 0 Å². The van der Waals surface area contributed by atoms with Gasteiger partial charge in [-0.1, -0.05) is 15.9 Å². The Kier molecular flexibility index (Phi) is 6.06. The van der Waals surface area contributed by atoms with Crippen LogP contribution in [0.4, 0.5) is 0 Å². The largest absolute Gasteiger partial charge is 0.345 e. The predicted octanol–water partition coefficient (Wildman–Crippen LogP) is 1.58. The molecule has 1 aromatic carbocycles. The molecule has 8 heteroatoms. The minimum atomic E-state index is -0.856. The normalized spacial score (nSPS) is 13.3.